The Morgan fingerprint density at radius 3 is 2.83 bits per heavy atom. The summed E-state index contributed by atoms with van der Waals surface area (Å²) < 4.78 is 19.2. The first-order valence-corrected chi connectivity index (χ1v) is 6.66. The molecule has 2 rings (SSSR count). The number of hydrogen-bond donors (Lipinski definition) is 1. The van der Waals surface area contributed by atoms with Gasteiger partial charge in [-0.15, -0.1) is 0 Å². The molecule has 1 N–H and O–H groups in total. The van der Waals surface area contributed by atoms with Crippen molar-refractivity contribution >= 4 is 11.6 Å². The standard InChI is InChI=1S/C14H19ClFNO/c1-14(2,8-17-10-6-7-10)9-18-12-5-3-4-11(15)13(12)16/h3-5,10,17H,6-9H2,1-2H3. The van der Waals surface area contributed by atoms with Crippen LogP contribution in [0.15, 0.2) is 18.2 Å². The van der Waals surface area contributed by atoms with Crippen molar-refractivity contribution < 1.29 is 9.13 Å². The highest BCUT2D eigenvalue weighted by atomic mass is 35.5. The van der Waals surface area contributed by atoms with Gasteiger partial charge in [0, 0.05) is 18.0 Å². The third kappa shape index (κ3) is 3.85. The van der Waals surface area contributed by atoms with Gasteiger partial charge < -0.3 is 10.1 Å². The van der Waals surface area contributed by atoms with Gasteiger partial charge in [0.15, 0.2) is 11.6 Å². The topological polar surface area (TPSA) is 21.3 Å². The van der Waals surface area contributed by atoms with Gasteiger partial charge in [-0.05, 0) is 25.0 Å². The van der Waals surface area contributed by atoms with E-state index in [1.807, 2.05) is 0 Å². The fourth-order valence-electron chi connectivity index (χ4n) is 1.63. The molecule has 2 nitrogen and oxygen atoms in total. The van der Waals surface area contributed by atoms with Gasteiger partial charge in [0.05, 0.1) is 11.6 Å². The minimum Gasteiger partial charge on any atom is -0.490 e. The lowest BCUT2D eigenvalue weighted by Crippen LogP contribution is -2.35. The van der Waals surface area contributed by atoms with E-state index >= 15 is 0 Å². The van der Waals surface area contributed by atoms with Crippen molar-refractivity contribution in [2.75, 3.05) is 13.2 Å². The molecule has 4 heteroatoms. The van der Waals surface area contributed by atoms with Crippen molar-refractivity contribution in [3.05, 3.63) is 29.0 Å². The zero-order chi connectivity index (χ0) is 13.2. The maximum absolute atomic E-state index is 13.6. The number of benzene rings is 1. The van der Waals surface area contributed by atoms with Crippen LogP contribution in [-0.2, 0) is 0 Å². The van der Waals surface area contributed by atoms with E-state index in [1.165, 1.54) is 18.9 Å². The molecule has 0 aliphatic heterocycles. The fraction of sp³-hybridized carbons (Fsp3) is 0.571. The molecule has 0 spiro atoms. The zero-order valence-electron chi connectivity index (χ0n) is 10.8. The molecule has 0 unspecified atom stereocenters. The van der Waals surface area contributed by atoms with Crippen molar-refractivity contribution in [2.24, 2.45) is 5.41 Å². The van der Waals surface area contributed by atoms with E-state index in [4.69, 9.17) is 16.3 Å². The quantitative estimate of drug-likeness (QED) is 0.853. The zero-order valence-corrected chi connectivity index (χ0v) is 11.6. The van der Waals surface area contributed by atoms with Gasteiger partial charge in [0.2, 0.25) is 0 Å². The van der Waals surface area contributed by atoms with Crippen molar-refractivity contribution in [1.82, 2.24) is 5.32 Å². The van der Waals surface area contributed by atoms with Crippen molar-refractivity contribution in [3.8, 4) is 5.75 Å². The summed E-state index contributed by atoms with van der Waals surface area (Å²) in [5, 5.41) is 3.56. The molecule has 1 aromatic carbocycles. The molecule has 0 bridgehead atoms. The van der Waals surface area contributed by atoms with Crippen LogP contribution in [-0.4, -0.2) is 19.2 Å². The summed E-state index contributed by atoms with van der Waals surface area (Å²) in [6.07, 6.45) is 2.53. The molecule has 18 heavy (non-hydrogen) atoms. The summed E-state index contributed by atoms with van der Waals surface area (Å²) in [6, 6.07) is 5.48. The molecular weight excluding hydrogens is 253 g/mol. The predicted octanol–water partition coefficient (Wildman–Crippen LogP) is 3.64. The molecule has 0 heterocycles. The highest BCUT2D eigenvalue weighted by Crippen LogP contribution is 2.26. The van der Waals surface area contributed by atoms with E-state index in [2.05, 4.69) is 19.2 Å². The van der Waals surface area contributed by atoms with Gasteiger partial charge >= 0.3 is 0 Å². The van der Waals surface area contributed by atoms with Gasteiger partial charge in [-0.3, -0.25) is 0 Å². The smallest absolute Gasteiger partial charge is 0.183 e. The highest BCUT2D eigenvalue weighted by Gasteiger charge is 2.26. The molecular formula is C14H19ClFNO. The van der Waals surface area contributed by atoms with Gasteiger partial charge in [-0.1, -0.05) is 31.5 Å². The molecule has 1 aromatic rings. The number of ether oxygens (including phenoxy) is 1. The van der Waals surface area contributed by atoms with E-state index in [9.17, 15) is 4.39 Å². The first kappa shape index (κ1) is 13.6. The van der Waals surface area contributed by atoms with Gasteiger partial charge in [-0.25, -0.2) is 4.39 Å². The minimum atomic E-state index is -0.481. The molecule has 1 saturated carbocycles. The van der Waals surface area contributed by atoms with E-state index in [1.54, 1.807) is 12.1 Å². The molecule has 1 aliphatic rings. The second-order valence-electron chi connectivity index (χ2n) is 5.66. The number of rotatable bonds is 6. The van der Waals surface area contributed by atoms with E-state index in [0.29, 0.717) is 12.6 Å². The Morgan fingerprint density at radius 1 is 1.44 bits per heavy atom. The van der Waals surface area contributed by atoms with Crippen molar-refractivity contribution in [2.45, 2.75) is 32.7 Å². The van der Waals surface area contributed by atoms with Crippen LogP contribution in [0.2, 0.25) is 5.02 Å². The SMILES string of the molecule is CC(C)(CNC1CC1)COc1cccc(Cl)c1F. The number of hydrogen-bond acceptors (Lipinski definition) is 2. The Morgan fingerprint density at radius 2 is 2.17 bits per heavy atom. The van der Waals surface area contributed by atoms with Crippen LogP contribution in [0.25, 0.3) is 0 Å². The molecule has 0 amide bonds. The molecule has 0 aromatic heterocycles. The Labute approximate surface area is 112 Å². The first-order chi connectivity index (χ1) is 8.48. The van der Waals surface area contributed by atoms with Gasteiger partial charge in [-0.2, -0.15) is 0 Å². The number of halogens is 2. The molecule has 0 saturated heterocycles. The third-order valence-corrected chi connectivity index (χ3v) is 3.27. The maximum atomic E-state index is 13.6. The largest absolute Gasteiger partial charge is 0.490 e. The van der Waals surface area contributed by atoms with Crippen LogP contribution >= 0.6 is 11.6 Å². The molecule has 0 atom stereocenters. The van der Waals surface area contributed by atoms with Crippen LogP contribution in [0.5, 0.6) is 5.75 Å². The van der Waals surface area contributed by atoms with Crippen LogP contribution in [0.4, 0.5) is 4.39 Å². The van der Waals surface area contributed by atoms with Gasteiger partial charge in [0.25, 0.3) is 0 Å². The monoisotopic (exact) mass is 271 g/mol. The lowest BCUT2D eigenvalue weighted by molar-refractivity contribution is 0.170. The molecule has 1 fully saturated rings. The highest BCUT2D eigenvalue weighted by molar-refractivity contribution is 6.30. The fourth-order valence-corrected chi connectivity index (χ4v) is 1.79. The molecule has 0 radical (unpaired) electrons. The van der Waals surface area contributed by atoms with E-state index in [0.717, 1.165) is 6.54 Å². The maximum Gasteiger partial charge on any atom is 0.183 e. The summed E-state index contributed by atoms with van der Waals surface area (Å²) >= 11 is 5.71. The summed E-state index contributed by atoms with van der Waals surface area (Å²) in [5.41, 5.74) is -0.0304. The Kier molecular flexibility index (Phi) is 4.13. The first-order valence-electron chi connectivity index (χ1n) is 6.28. The summed E-state index contributed by atoms with van der Waals surface area (Å²) in [7, 11) is 0. The minimum absolute atomic E-state index is 0.0304. The summed E-state index contributed by atoms with van der Waals surface area (Å²) in [4.78, 5) is 0. The predicted molar refractivity (Wildman–Crippen MR) is 71.7 cm³/mol. The second-order valence-corrected chi connectivity index (χ2v) is 6.07. The van der Waals surface area contributed by atoms with Crippen molar-refractivity contribution in [1.29, 1.82) is 0 Å². The normalized spacial score (nSPS) is 15.8. The lowest BCUT2D eigenvalue weighted by Gasteiger charge is -2.25. The Balaban J connectivity index is 1.86. The summed E-state index contributed by atoms with van der Waals surface area (Å²) in [6.45, 7) is 5.54. The van der Waals surface area contributed by atoms with E-state index < -0.39 is 5.82 Å². The lowest BCUT2D eigenvalue weighted by atomic mass is 9.95. The van der Waals surface area contributed by atoms with Crippen molar-refractivity contribution in [3.63, 3.8) is 0 Å². The average Bonchev–Trinajstić information content (AvgIpc) is 3.13. The van der Waals surface area contributed by atoms with Crippen LogP contribution < -0.4 is 10.1 Å². The van der Waals surface area contributed by atoms with Crippen LogP contribution in [0, 0.1) is 11.2 Å². The summed E-state index contributed by atoms with van der Waals surface area (Å²) in [5.74, 6) is -0.257. The van der Waals surface area contributed by atoms with Crippen LogP contribution in [0.1, 0.15) is 26.7 Å². The molecule has 100 valence electrons. The third-order valence-electron chi connectivity index (χ3n) is 2.98. The Hall–Kier alpha value is -0.800. The average molecular weight is 272 g/mol. The Bertz CT molecular complexity index is 418. The number of nitrogens with one attached hydrogen (secondary N) is 1. The molecule has 1 aliphatic carbocycles. The van der Waals surface area contributed by atoms with E-state index in [-0.39, 0.29) is 16.2 Å². The second kappa shape index (κ2) is 5.45. The van der Waals surface area contributed by atoms with Crippen LogP contribution in [0.3, 0.4) is 0 Å². The van der Waals surface area contributed by atoms with Gasteiger partial charge in [0.1, 0.15) is 0 Å².